The van der Waals surface area contributed by atoms with E-state index in [9.17, 15) is 9.59 Å². The van der Waals surface area contributed by atoms with Crippen LogP contribution in [-0.2, 0) is 11.3 Å². The Labute approximate surface area is 135 Å². The van der Waals surface area contributed by atoms with Gasteiger partial charge in [-0.15, -0.1) is 0 Å². The number of nitrogens with zero attached hydrogens (tertiary/aromatic N) is 1. The van der Waals surface area contributed by atoms with Crippen molar-refractivity contribution in [3.63, 3.8) is 0 Å². The molecule has 118 valence electrons. The maximum atomic E-state index is 12.2. The Bertz CT molecular complexity index is 768. The number of aryl methyl sites for hydroxylation is 1. The predicted molar refractivity (Wildman–Crippen MR) is 90.4 cm³/mol. The molecule has 1 atom stereocenters. The first-order valence-corrected chi connectivity index (χ1v) is 7.52. The summed E-state index contributed by atoms with van der Waals surface area (Å²) in [5, 5.41) is 2.84. The van der Waals surface area contributed by atoms with Crippen molar-refractivity contribution in [2.24, 2.45) is 5.73 Å². The van der Waals surface area contributed by atoms with Gasteiger partial charge in [0.25, 0.3) is 0 Å². The molecule has 0 aliphatic carbocycles. The van der Waals surface area contributed by atoms with Gasteiger partial charge in [-0.05, 0) is 37.6 Å². The van der Waals surface area contributed by atoms with Crippen LogP contribution in [0.1, 0.15) is 28.4 Å². The molecule has 2 aromatic carbocycles. The van der Waals surface area contributed by atoms with E-state index in [0.717, 1.165) is 11.3 Å². The fraction of sp³-hybridized carbons (Fsp3) is 0.222. The number of primary amides is 1. The third kappa shape index (κ3) is 2.90. The molecule has 0 aromatic heterocycles. The molecule has 5 heteroatoms. The summed E-state index contributed by atoms with van der Waals surface area (Å²) in [5.41, 5.74) is 9.54. The Morgan fingerprint density at radius 1 is 1.22 bits per heavy atom. The van der Waals surface area contributed by atoms with E-state index in [1.807, 2.05) is 24.8 Å². The normalized spacial score (nSPS) is 16.7. The third-order valence-electron chi connectivity index (χ3n) is 4.17. The van der Waals surface area contributed by atoms with E-state index in [1.165, 1.54) is 5.56 Å². The second kappa shape index (κ2) is 5.76. The maximum absolute atomic E-state index is 12.2. The van der Waals surface area contributed by atoms with Crippen LogP contribution in [0.3, 0.4) is 0 Å². The topological polar surface area (TPSA) is 75.4 Å². The van der Waals surface area contributed by atoms with Gasteiger partial charge in [0, 0.05) is 12.1 Å². The minimum Gasteiger partial charge on any atom is -0.366 e. The molecular weight excluding hydrogens is 290 g/mol. The smallest absolute Gasteiger partial charge is 0.248 e. The molecule has 2 aromatic rings. The molecule has 0 fully saturated rings. The van der Waals surface area contributed by atoms with E-state index in [2.05, 4.69) is 29.6 Å². The monoisotopic (exact) mass is 309 g/mol. The first-order chi connectivity index (χ1) is 11.0. The van der Waals surface area contributed by atoms with Crippen molar-refractivity contribution in [3.8, 4) is 0 Å². The van der Waals surface area contributed by atoms with Crippen molar-refractivity contribution >= 4 is 23.2 Å². The van der Waals surface area contributed by atoms with Gasteiger partial charge in [0.05, 0.1) is 11.4 Å². The second-order valence-electron chi connectivity index (χ2n) is 5.87. The van der Waals surface area contributed by atoms with Crippen molar-refractivity contribution in [1.82, 2.24) is 0 Å². The van der Waals surface area contributed by atoms with Gasteiger partial charge in [-0.3, -0.25) is 9.59 Å². The second-order valence-corrected chi connectivity index (χ2v) is 5.87. The highest BCUT2D eigenvalue weighted by atomic mass is 16.2. The van der Waals surface area contributed by atoms with Crippen molar-refractivity contribution in [2.75, 3.05) is 10.2 Å². The lowest BCUT2D eigenvalue weighted by atomic mass is 10.0. The SMILES string of the molecule is Cc1ccc(CN2c3ccc(C(N)=O)cc3NC(=O)C2C)cc1. The molecule has 0 saturated heterocycles. The molecule has 23 heavy (non-hydrogen) atoms. The Morgan fingerprint density at radius 2 is 1.91 bits per heavy atom. The van der Waals surface area contributed by atoms with Crippen LogP contribution >= 0.6 is 0 Å². The first-order valence-electron chi connectivity index (χ1n) is 7.52. The molecule has 0 radical (unpaired) electrons. The molecule has 0 bridgehead atoms. The zero-order valence-corrected chi connectivity index (χ0v) is 13.2. The number of rotatable bonds is 3. The van der Waals surface area contributed by atoms with Gasteiger partial charge in [0.1, 0.15) is 6.04 Å². The van der Waals surface area contributed by atoms with Crippen molar-refractivity contribution in [3.05, 3.63) is 59.2 Å². The van der Waals surface area contributed by atoms with Crippen LogP contribution in [0.5, 0.6) is 0 Å². The number of hydrogen-bond acceptors (Lipinski definition) is 3. The van der Waals surface area contributed by atoms with Gasteiger partial charge in [-0.2, -0.15) is 0 Å². The van der Waals surface area contributed by atoms with E-state index < -0.39 is 5.91 Å². The average molecular weight is 309 g/mol. The number of amides is 2. The first kappa shape index (κ1) is 15.1. The highest BCUT2D eigenvalue weighted by Gasteiger charge is 2.29. The number of hydrogen-bond donors (Lipinski definition) is 2. The summed E-state index contributed by atoms with van der Waals surface area (Å²) in [6, 6.07) is 13.1. The summed E-state index contributed by atoms with van der Waals surface area (Å²) in [7, 11) is 0. The fourth-order valence-electron chi connectivity index (χ4n) is 2.74. The zero-order valence-electron chi connectivity index (χ0n) is 13.2. The molecule has 5 nitrogen and oxygen atoms in total. The van der Waals surface area contributed by atoms with E-state index in [1.54, 1.807) is 12.1 Å². The molecule has 2 amide bonds. The summed E-state index contributed by atoms with van der Waals surface area (Å²) in [4.78, 5) is 25.6. The van der Waals surface area contributed by atoms with Crippen LogP contribution in [0, 0.1) is 6.92 Å². The van der Waals surface area contributed by atoms with Gasteiger partial charge in [0.15, 0.2) is 0 Å². The molecule has 3 N–H and O–H groups in total. The quantitative estimate of drug-likeness (QED) is 0.914. The van der Waals surface area contributed by atoms with Gasteiger partial charge < -0.3 is 16.0 Å². The lowest BCUT2D eigenvalue weighted by molar-refractivity contribution is -0.117. The zero-order chi connectivity index (χ0) is 16.6. The van der Waals surface area contributed by atoms with Crippen LogP contribution in [0.2, 0.25) is 0 Å². The van der Waals surface area contributed by atoms with Gasteiger partial charge in [-0.25, -0.2) is 0 Å². The van der Waals surface area contributed by atoms with E-state index in [4.69, 9.17) is 5.73 Å². The van der Waals surface area contributed by atoms with E-state index in [-0.39, 0.29) is 11.9 Å². The lowest BCUT2D eigenvalue weighted by Crippen LogP contribution is -2.45. The van der Waals surface area contributed by atoms with E-state index in [0.29, 0.717) is 17.8 Å². The standard InChI is InChI=1S/C18H19N3O2/c1-11-3-5-13(6-4-11)10-21-12(2)18(23)20-15-9-14(17(19)22)7-8-16(15)21/h3-9,12H,10H2,1-2H3,(H2,19,22)(H,20,23). The predicted octanol–water partition coefficient (Wildman–Crippen LogP) is 2.44. The van der Waals surface area contributed by atoms with Crippen molar-refractivity contribution in [1.29, 1.82) is 0 Å². The Kier molecular flexibility index (Phi) is 3.78. The Balaban J connectivity index is 1.98. The summed E-state index contributed by atoms with van der Waals surface area (Å²) in [6.07, 6.45) is 0. The maximum Gasteiger partial charge on any atom is 0.248 e. The average Bonchev–Trinajstić information content (AvgIpc) is 2.53. The number of anilines is 2. The van der Waals surface area contributed by atoms with Crippen molar-refractivity contribution < 1.29 is 9.59 Å². The number of benzene rings is 2. The van der Waals surface area contributed by atoms with Gasteiger partial charge in [-0.1, -0.05) is 29.8 Å². The largest absolute Gasteiger partial charge is 0.366 e. The van der Waals surface area contributed by atoms with E-state index >= 15 is 0 Å². The van der Waals surface area contributed by atoms with Gasteiger partial charge in [0.2, 0.25) is 11.8 Å². The molecular formula is C18H19N3O2. The minimum atomic E-state index is -0.509. The fourth-order valence-corrected chi connectivity index (χ4v) is 2.74. The Hall–Kier alpha value is -2.82. The molecule has 1 unspecified atom stereocenters. The molecule has 1 aliphatic heterocycles. The van der Waals surface area contributed by atoms with Crippen molar-refractivity contribution in [2.45, 2.75) is 26.4 Å². The van der Waals surface area contributed by atoms with Crippen LogP contribution in [0.25, 0.3) is 0 Å². The number of carbonyl (C=O) groups excluding carboxylic acids is 2. The van der Waals surface area contributed by atoms with Crippen LogP contribution in [-0.4, -0.2) is 17.9 Å². The van der Waals surface area contributed by atoms with Gasteiger partial charge >= 0.3 is 0 Å². The number of nitrogens with two attached hydrogens (primary N) is 1. The van der Waals surface area contributed by atoms with Crippen LogP contribution in [0.15, 0.2) is 42.5 Å². The summed E-state index contributed by atoms with van der Waals surface area (Å²) < 4.78 is 0. The van der Waals surface area contributed by atoms with Crippen LogP contribution in [0.4, 0.5) is 11.4 Å². The molecule has 1 heterocycles. The molecule has 0 saturated carbocycles. The highest BCUT2D eigenvalue weighted by molar-refractivity contribution is 6.05. The third-order valence-corrected chi connectivity index (χ3v) is 4.17. The number of fused-ring (bicyclic) bond motifs is 1. The lowest BCUT2D eigenvalue weighted by Gasteiger charge is -2.36. The summed E-state index contributed by atoms with van der Waals surface area (Å²) in [5.74, 6) is -0.600. The minimum absolute atomic E-state index is 0.0915. The summed E-state index contributed by atoms with van der Waals surface area (Å²) >= 11 is 0. The summed E-state index contributed by atoms with van der Waals surface area (Å²) in [6.45, 7) is 4.54. The highest BCUT2D eigenvalue weighted by Crippen LogP contribution is 2.34. The molecule has 1 aliphatic rings. The number of carbonyl (C=O) groups is 2. The molecule has 3 rings (SSSR count). The molecule has 0 spiro atoms. The number of nitrogens with one attached hydrogen (secondary N) is 1. The van der Waals surface area contributed by atoms with Crippen LogP contribution < -0.4 is 16.0 Å². The Morgan fingerprint density at radius 3 is 2.57 bits per heavy atom.